The van der Waals surface area contributed by atoms with Crippen LogP contribution in [0.4, 0.5) is 13.2 Å². The first-order chi connectivity index (χ1) is 11.1. The highest BCUT2D eigenvalue weighted by Crippen LogP contribution is 2.17. The molecule has 2 atom stereocenters. The molecule has 134 valence electrons. The van der Waals surface area contributed by atoms with E-state index >= 15 is 0 Å². The summed E-state index contributed by atoms with van der Waals surface area (Å²) in [5.74, 6) is -2.85. The van der Waals surface area contributed by atoms with Crippen molar-refractivity contribution in [2.75, 3.05) is 0 Å². The van der Waals surface area contributed by atoms with E-state index in [-0.39, 0.29) is 12.5 Å². The van der Waals surface area contributed by atoms with E-state index in [9.17, 15) is 22.8 Å². The Kier molecular flexibility index (Phi) is 7.18. The molecule has 0 N–H and O–H groups in total. The van der Waals surface area contributed by atoms with E-state index in [2.05, 4.69) is 9.72 Å². The van der Waals surface area contributed by atoms with Crippen molar-refractivity contribution in [2.45, 2.75) is 53.1 Å². The second-order valence-corrected chi connectivity index (χ2v) is 5.78. The van der Waals surface area contributed by atoms with Crippen molar-refractivity contribution >= 4 is 11.9 Å². The van der Waals surface area contributed by atoms with E-state index in [0.717, 1.165) is 10.5 Å². The minimum absolute atomic E-state index is 0.00835. The lowest BCUT2D eigenvalue weighted by Gasteiger charge is -2.31. The number of rotatable bonds is 6. The van der Waals surface area contributed by atoms with Crippen LogP contribution in [0.2, 0.25) is 0 Å². The highest BCUT2D eigenvalue weighted by molar-refractivity contribution is 6.32. The van der Waals surface area contributed by atoms with Crippen molar-refractivity contribution in [1.82, 2.24) is 9.88 Å². The minimum atomic E-state index is -3.50. The Bertz CT molecular complexity index is 581. The van der Waals surface area contributed by atoms with Gasteiger partial charge in [0.2, 0.25) is 0 Å². The summed E-state index contributed by atoms with van der Waals surface area (Å²) in [7, 11) is 0. The molecule has 1 amide bonds. The van der Waals surface area contributed by atoms with Crippen LogP contribution in [0.1, 0.15) is 32.0 Å². The summed E-state index contributed by atoms with van der Waals surface area (Å²) in [6.07, 6.45) is -5.09. The average molecular weight is 346 g/mol. The summed E-state index contributed by atoms with van der Waals surface area (Å²) in [5.41, 5.74) is 1.35. The number of aromatic nitrogens is 1. The zero-order valence-electron chi connectivity index (χ0n) is 14.0. The number of hydrogen-bond acceptors (Lipinski definition) is 4. The molecule has 24 heavy (non-hydrogen) atoms. The molecule has 8 heteroatoms. The molecule has 0 aliphatic carbocycles. The topological polar surface area (TPSA) is 59.5 Å². The second-order valence-electron chi connectivity index (χ2n) is 5.78. The molecule has 1 heterocycles. The largest absolute Gasteiger partial charge is 0.418 e. The Balaban J connectivity index is 2.99. The van der Waals surface area contributed by atoms with E-state index in [1.54, 1.807) is 26.0 Å². The molecular formula is C16H21F3N2O3. The number of carbonyl (C=O) groups is 2. The molecular weight excluding hydrogens is 325 g/mol. The van der Waals surface area contributed by atoms with Crippen LogP contribution in [0.15, 0.2) is 18.3 Å². The van der Waals surface area contributed by atoms with Crippen LogP contribution in [-0.4, -0.2) is 40.6 Å². The Labute approximate surface area is 138 Å². The van der Waals surface area contributed by atoms with E-state index in [1.807, 2.05) is 13.8 Å². The summed E-state index contributed by atoms with van der Waals surface area (Å²) < 4.78 is 41.1. The van der Waals surface area contributed by atoms with Gasteiger partial charge in [0.15, 0.2) is 0 Å². The van der Waals surface area contributed by atoms with E-state index in [0.29, 0.717) is 5.69 Å². The lowest BCUT2D eigenvalue weighted by molar-refractivity contribution is -0.182. The molecule has 1 rings (SSSR count). The zero-order chi connectivity index (χ0) is 18.4. The maximum atomic E-state index is 12.9. The van der Waals surface area contributed by atoms with Crippen LogP contribution in [0, 0.1) is 12.8 Å². The Morgan fingerprint density at radius 1 is 1.25 bits per heavy atom. The number of esters is 1. The number of nitrogens with zero attached hydrogens (tertiary/aromatic N) is 2. The highest BCUT2D eigenvalue weighted by atomic mass is 19.3. The van der Waals surface area contributed by atoms with Gasteiger partial charge >= 0.3 is 24.7 Å². The standard InChI is InChI=1S/C16H21F3N2O3/c1-9(2)11(4)21(8-12-10(3)6-5-7-20-12)15(22)16(23)24-14(19)13(17)18/h5-7,9,11,13-14H,8H2,1-4H3. The number of pyridine rings is 1. The fourth-order valence-corrected chi connectivity index (χ4v) is 1.93. The van der Waals surface area contributed by atoms with Gasteiger partial charge in [-0.1, -0.05) is 19.9 Å². The molecule has 5 nitrogen and oxygen atoms in total. The third kappa shape index (κ3) is 5.21. The van der Waals surface area contributed by atoms with Gasteiger partial charge in [-0.05, 0) is 31.4 Å². The Hall–Kier alpha value is -2.12. The predicted molar refractivity (Wildman–Crippen MR) is 80.8 cm³/mol. The summed E-state index contributed by atoms with van der Waals surface area (Å²) >= 11 is 0. The number of carbonyl (C=O) groups excluding carboxylic acids is 2. The van der Waals surface area contributed by atoms with Gasteiger partial charge in [0.1, 0.15) is 0 Å². The normalized spacial score (nSPS) is 13.7. The van der Waals surface area contributed by atoms with Gasteiger partial charge in [0.25, 0.3) is 0 Å². The number of aryl methyl sites for hydroxylation is 1. The van der Waals surface area contributed by atoms with E-state index in [4.69, 9.17) is 0 Å². The molecule has 0 fully saturated rings. The fourth-order valence-electron chi connectivity index (χ4n) is 1.93. The summed E-state index contributed by atoms with van der Waals surface area (Å²) in [6.45, 7) is 7.15. The number of alkyl halides is 3. The third-order valence-electron chi connectivity index (χ3n) is 3.75. The molecule has 0 radical (unpaired) electrons. The van der Waals surface area contributed by atoms with Crippen LogP contribution >= 0.6 is 0 Å². The smallest absolute Gasteiger partial charge is 0.399 e. The minimum Gasteiger partial charge on any atom is -0.418 e. The predicted octanol–water partition coefficient (Wildman–Crippen LogP) is 2.87. The molecule has 0 aliphatic rings. The average Bonchev–Trinajstić information content (AvgIpc) is 2.52. The van der Waals surface area contributed by atoms with Gasteiger partial charge in [-0.25, -0.2) is 13.6 Å². The lowest BCUT2D eigenvalue weighted by Crippen LogP contribution is -2.46. The third-order valence-corrected chi connectivity index (χ3v) is 3.75. The van der Waals surface area contributed by atoms with Crippen molar-refractivity contribution in [3.05, 3.63) is 29.6 Å². The van der Waals surface area contributed by atoms with Crippen LogP contribution < -0.4 is 0 Å². The molecule has 0 aliphatic heterocycles. The molecule has 0 bridgehead atoms. The highest BCUT2D eigenvalue weighted by Gasteiger charge is 2.33. The number of ether oxygens (including phenoxy) is 1. The van der Waals surface area contributed by atoms with Gasteiger partial charge in [-0.2, -0.15) is 4.39 Å². The first kappa shape index (κ1) is 19.9. The van der Waals surface area contributed by atoms with Crippen molar-refractivity contribution < 1.29 is 27.5 Å². The Morgan fingerprint density at radius 3 is 2.38 bits per heavy atom. The second kappa shape index (κ2) is 8.65. The van der Waals surface area contributed by atoms with Crippen LogP contribution in [0.5, 0.6) is 0 Å². The summed E-state index contributed by atoms with van der Waals surface area (Å²) in [4.78, 5) is 29.3. The first-order valence-corrected chi connectivity index (χ1v) is 7.49. The number of hydrogen-bond donors (Lipinski definition) is 0. The van der Waals surface area contributed by atoms with Crippen LogP contribution in [-0.2, 0) is 20.9 Å². The van der Waals surface area contributed by atoms with Gasteiger partial charge in [-0.15, -0.1) is 0 Å². The number of halogens is 3. The monoisotopic (exact) mass is 346 g/mol. The van der Waals surface area contributed by atoms with Gasteiger partial charge in [-0.3, -0.25) is 9.78 Å². The SMILES string of the molecule is Cc1cccnc1CN(C(=O)C(=O)OC(F)C(F)F)C(C)C(C)C. The molecule has 0 aromatic carbocycles. The van der Waals surface area contributed by atoms with Gasteiger partial charge < -0.3 is 9.64 Å². The van der Waals surface area contributed by atoms with Gasteiger partial charge in [0.05, 0.1) is 12.2 Å². The zero-order valence-corrected chi connectivity index (χ0v) is 14.0. The summed E-state index contributed by atoms with van der Waals surface area (Å²) in [5, 5.41) is 0. The van der Waals surface area contributed by atoms with Crippen molar-refractivity contribution in [1.29, 1.82) is 0 Å². The molecule has 0 spiro atoms. The van der Waals surface area contributed by atoms with Crippen molar-refractivity contribution in [2.24, 2.45) is 5.92 Å². The first-order valence-electron chi connectivity index (χ1n) is 7.49. The lowest BCUT2D eigenvalue weighted by atomic mass is 10.0. The Morgan fingerprint density at radius 2 is 1.88 bits per heavy atom. The quantitative estimate of drug-likeness (QED) is 0.587. The van der Waals surface area contributed by atoms with Gasteiger partial charge in [0, 0.05) is 12.2 Å². The van der Waals surface area contributed by atoms with Crippen molar-refractivity contribution in [3.8, 4) is 0 Å². The fraction of sp³-hybridized carbons (Fsp3) is 0.562. The summed E-state index contributed by atoms with van der Waals surface area (Å²) in [6, 6.07) is 3.11. The molecule has 0 saturated heterocycles. The molecule has 1 aromatic rings. The maximum absolute atomic E-state index is 12.9. The maximum Gasteiger partial charge on any atom is 0.399 e. The number of amides is 1. The molecule has 2 unspecified atom stereocenters. The van der Waals surface area contributed by atoms with Crippen LogP contribution in [0.25, 0.3) is 0 Å². The van der Waals surface area contributed by atoms with E-state index < -0.39 is 30.7 Å². The van der Waals surface area contributed by atoms with Crippen LogP contribution in [0.3, 0.4) is 0 Å². The van der Waals surface area contributed by atoms with Crippen molar-refractivity contribution in [3.63, 3.8) is 0 Å². The molecule has 0 saturated carbocycles. The van der Waals surface area contributed by atoms with E-state index in [1.165, 1.54) is 6.20 Å². The molecule has 1 aromatic heterocycles.